The number of hydrogen-bond donors (Lipinski definition) is 1. The van der Waals surface area contributed by atoms with Gasteiger partial charge in [-0.2, -0.15) is 0 Å². The molecule has 3 rings (SSSR count). The van der Waals surface area contributed by atoms with Gasteiger partial charge in [0.25, 0.3) is 0 Å². The van der Waals surface area contributed by atoms with Crippen LogP contribution in [0.15, 0.2) is 54.6 Å². The molecule has 1 aliphatic rings. The topological polar surface area (TPSA) is 85.3 Å². The number of aliphatic hydroxyl groups is 1. The van der Waals surface area contributed by atoms with Crippen molar-refractivity contribution in [2.24, 2.45) is 17.8 Å². The Kier molecular flexibility index (Phi) is 9.69. The summed E-state index contributed by atoms with van der Waals surface area (Å²) in [5.74, 6) is -0.248. The molecule has 1 aliphatic heterocycles. The first-order chi connectivity index (χ1) is 16.8. The van der Waals surface area contributed by atoms with Crippen molar-refractivity contribution in [1.82, 2.24) is 4.90 Å². The van der Waals surface area contributed by atoms with Crippen LogP contribution >= 0.6 is 0 Å². The van der Waals surface area contributed by atoms with Crippen LogP contribution in [0.25, 0.3) is 0 Å². The molecule has 0 aromatic heterocycles. The molecule has 190 valence electrons. The fraction of sp³-hybridized carbons (Fsp3) is 0.500. The number of benzene rings is 2. The number of ether oxygens (including phenoxy) is 3. The normalized spacial score (nSPS) is 19.1. The maximum absolute atomic E-state index is 13.2. The molecular formula is C28H37NO6. The average Bonchev–Trinajstić information content (AvgIpc) is 3.23. The van der Waals surface area contributed by atoms with E-state index in [9.17, 15) is 14.7 Å². The van der Waals surface area contributed by atoms with E-state index in [0.29, 0.717) is 26.1 Å². The van der Waals surface area contributed by atoms with Gasteiger partial charge in [0.1, 0.15) is 12.4 Å². The van der Waals surface area contributed by atoms with Crippen molar-refractivity contribution in [3.63, 3.8) is 0 Å². The second-order valence-electron chi connectivity index (χ2n) is 9.59. The molecule has 0 bridgehead atoms. The molecule has 5 atom stereocenters. The number of hydrogen-bond acceptors (Lipinski definition) is 6. The van der Waals surface area contributed by atoms with Crippen LogP contribution in [0.5, 0.6) is 5.75 Å². The van der Waals surface area contributed by atoms with Crippen LogP contribution in [-0.4, -0.2) is 54.5 Å². The quantitative estimate of drug-likeness (QED) is 0.480. The predicted molar refractivity (Wildman–Crippen MR) is 133 cm³/mol. The van der Waals surface area contributed by atoms with Crippen molar-refractivity contribution in [2.45, 2.75) is 52.4 Å². The van der Waals surface area contributed by atoms with Gasteiger partial charge in [-0.3, -0.25) is 4.79 Å². The minimum atomic E-state index is -0.877. The molecule has 7 heteroatoms. The van der Waals surface area contributed by atoms with Crippen molar-refractivity contribution in [3.05, 3.63) is 65.7 Å². The van der Waals surface area contributed by atoms with Crippen LogP contribution in [0.2, 0.25) is 0 Å². The zero-order chi connectivity index (χ0) is 25.4. The summed E-state index contributed by atoms with van der Waals surface area (Å²) in [5.41, 5.74) is 2.09. The molecule has 0 aliphatic carbocycles. The van der Waals surface area contributed by atoms with Gasteiger partial charge in [0.15, 0.2) is 0 Å². The maximum Gasteiger partial charge on any atom is 0.416 e. The average molecular weight is 484 g/mol. The first-order valence-electron chi connectivity index (χ1n) is 12.2. The van der Waals surface area contributed by atoms with E-state index in [2.05, 4.69) is 6.92 Å². The lowest BCUT2D eigenvalue weighted by molar-refractivity contribution is -0.137. The van der Waals surface area contributed by atoms with Gasteiger partial charge in [-0.15, -0.1) is 0 Å². The van der Waals surface area contributed by atoms with Gasteiger partial charge in [-0.05, 0) is 47.9 Å². The molecule has 35 heavy (non-hydrogen) atoms. The number of rotatable bonds is 12. The Morgan fingerprint density at radius 1 is 1.09 bits per heavy atom. The molecule has 1 N–H and O–H groups in total. The van der Waals surface area contributed by atoms with E-state index in [1.807, 2.05) is 61.5 Å². The van der Waals surface area contributed by atoms with Crippen LogP contribution in [0.4, 0.5) is 4.79 Å². The van der Waals surface area contributed by atoms with Crippen molar-refractivity contribution in [3.8, 4) is 5.75 Å². The van der Waals surface area contributed by atoms with Crippen LogP contribution in [0.1, 0.15) is 38.3 Å². The van der Waals surface area contributed by atoms with E-state index in [1.54, 1.807) is 14.0 Å². The Morgan fingerprint density at radius 2 is 1.77 bits per heavy atom. The molecule has 0 saturated carbocycles. The van der Waals surface area contributed by atoms with Crippen LogP contribution < -0.4 is 4.74 Å². The summed E-state index contributed by atoms with van der Waals surface area (Å²) in [4.78, 5) is 26.7. The Bertz CT molecular complexity index is 948. The van der Waals surface area contributed by atoms with Gasteiger partial charge in [-0.25, -0.2) is 9.69 Å². The summed E-state index contributed by atoms with van der Waals surface area (Å²) < 4.78 is 16.2. The number of carbonyl (C=O) groups is 2. The Labute approximate surface area is 208 Å². The molecule has 0 spiro atoms. The van der Waals surface area contributed by atoms with Crippen molar-refractivity contribution >= 4 is 12.0 Å². The number of imide groups is 1. The first kappa shape index (κ1) is 26.7. The van der Waals surface area contributed by atoms with Crippen LogP contribution in [-0.2, 0) is 27.3 Å². The van der Waals surface area contributed by atoms with Gasteiger partial charge in [0.2, 0.25) is 5.91 Å². The number of nitrogens with zero attached hydrogens (tertiary/aromatic N) is 1. The highest BCUT2D eigenvalue weighted by Gasteiger charge is 2.42. The number of aliphatic hydroxyl groups excluding tert-OH is 1. The van der Waals surface area contributed by atoms with E-state index < -0.39 is 24.0 Å². The lowest BCUT2D eigenvalue weighted by Crippen LogP contribution is -2.47. The minimum absolute atomic E-state index is 0.139. The summed E-state index contributed by atoms with van der Waals surface area (Å²) >= 11 is 0. The largest absolute Gasteiger partial charge is 0.497 e. The van der Waals surface area contributed by atoms with Gasteiger partial charge in [0.05, 0.1) is 31.8 Å². The highest BCUT2D eigenvalue weighted by molar-refractivity contribution is 5.95. The number of carbonyl (C=O) groups excluding carboxylic acids is 2. The third kappa shape index (κ3) is 7.29. The highest BCUT2D eigenvalue weighted by Crippen LogP contribution is 2.26. The fourth-order valence-electron chi connectivity index (χ4n) is 4.57. The van der Waals surface area contributed by atoms with E-state index in [4.69, 9.17) is 14.2 Å². The number of methoxy groups -OCH3 is 1. The number of amides is 2. The Balaban J connectivity index is 1.48. The van der Waals surface area contributed by atoms with Gasteiger partial charge < -0.3 is 19.3 Å². The second kappa shape index (κ2) is 12.7. The third-order valence-corrected chi connectivity index (χ3v) is 6.60. The third-order valence-electron chi connectivity index (χ3n) is 6.60. The van der Waals surface area contributed by atoms with Crippen LogP contribution in [0.3, 0.4) is 0 Å². The second-order valence-corrected chi connectivity index (χ2v) is 9.59. The van der Waals surface area contributed by atoms with E-state index in [-0.39, 0.29) is 24.5 Å². The van der Waals surface area contributed by atoms with Gasteiger partial charge in [0, 0.05) is 6.61 Å². The molecule has 7 nitrogen and oxygen atoms in total. The van der Waals surface area contributed by atoms with Crippen molar-refractivity contribution in [2.75, 3.05) is 20.3 Å². The van der Waals surface area contributed by atoms with Crippen molar-refractivity contribution < 1.29 is 28.9 Å². The monoisotopic (exact) mass is 483 g/mol. The summed E-state index contributed by atoms with van der Waals surface area (Å²) in [6.45, 7) is 6.89. The minimum Gasteiger partial charge on any atom is -0.497 e. The first-order valence-corrected chi connectivity index (χ1v) is 12.2. The fourth-order valence-corrected chi connectivity index (χ4v) is 4.57. The molecule has 2 aromatic carbocycles. The molecule has 1 fully saturated rings. The van der Waals surface area contributed by atoms with E-state index in [0.717, 1.165) is 16.9 Å². The number of cyclic esters (lactones) is 1. The Hall–Kier alpha value is -2.90. The van der Waals surface area contributed by atoms with Crippen molar-refractivity contribution in [1.29, 1.82) is 0 Å². The SMILES string of the molecule is COc1ccc(COC[C@H](C)C[C@H](C)[C@H](O)[C@@H](C)C(=O)N2C(=O)OC[C@H]2Cc2ccccc2)cc1. The summed E-state index contributed by atoms with van der Waals surface area (Å²) in [5, 5.41) is 10.9. The summed E-state index contributed by atoms with van der Waals surface area (Å²) in [6.07, 6.45) is -0.293. The standard InChI is InChI=1S/C28H37NO6/c1-19(16-34-17-23-10-12-25(33-4)13-11-23)14-20(2)26(30)21(3)27(31)29-24(18-35-28(29)32)15-22-8-6-5-7-9-22/h5-13,19-21,24,26,30H,14-18H2,1-4H3/t19-,20+,21-,24-,26+/m1/s1. The molecular weight excluding hydrogens is 446 g/mol. The lowest BCUT2D eigenvalue weighted by Gasteiger charge is -2.29. The zero-order valence-corrected chi connectivity index (χ0v) is 21.1. The van der Waals surface area contributed by atoms with Gasteiger partial charge in [-0.1, -0.05) is 63.2 Å². The highest BCUT2D eigenvalue weighted by atomic mass is 16.6. The molecule has 1 saturated heterocycles. The zero-order valence-electron chi connectivity index (χ0n) is 21.1. The van der Waals surface area contributed by atoms with Crippen LogP contribution in [0, 0.1) is 17.8 Å². The summed E-state index contributed by atoms with van der Waals surface area (Å²) in [6, 6.07) is 17.1. The molecule has 0 radical (unpaired) electrons. The molecule has 0 unspecified atom stereocenters. The van der Waals surface area contributed by atoms with Gasteiger partial charge >= 0.3 is 6.09 Å². The molecule has 1 heterocycles. The predicted octanol–water partition coefficient (Wildman–Crippen LogP) is 4.46. The molecule has 2 amide bonds. The smallest absolute Gasteiger partial charge is 0.416 e. The Morgan fingerprint density at radius 3 is 2.43 bits per heavy atom. The van der Waals surface area contributed by atoms with E-state index >= 15 is 0 Å². The van der Waals surface area contributed by atoms with E-state index in [1.165, 1.54) is 4.90 Å². The lowest BCUT2D eigenvalue weighted by atomic mass is 9.86. The maximum atomic E-state index is 13.2. The summed E-state index contributed by atoms with van der Waals surface area (Å²) in [7, 11) is 1.64. The molecule has 2 aromatic rings.